The standard InChI is InChI=1S/C50H39NSSi2/c1-53(2)46-29-28-40-38-19-7-9-24-44(38)52-49(40)48(46)42-27-26-35(31-47(42)53)51(43-23-13-22-41-39-20-8-10-25-45(39)54(3,4)50(41)43)34-17-11-16-33(30-34)37-21-12-15-32-14-5-6-18-36(32)37/h5-31H,1-4H3. The Balaban J connectivity index is 1.15. The SMILES string of the molecule is C[Si]1(C)c2cc(N(c3cccc(-c4cccc5ccccc45)c3)c3cccc4c3[Si](C)(C)c3ccccc3-4)ccc2-c2c1ccc1c2sc2ccccc21. The highest BCUT2D eigenvalue weighted by Gasteiger charge is 2.42. The summed E-state index contributed by atoms with van der Waals surface area (Å²) in [6, 6.07) is 62.1. The number of fused-ring (bicyclic) bond motifs is 11. The zero-order valence-electron chi connectivity index (χ0n) is 30.9. The van der Waals surface area contributed by atoms with Crippen LogP contribution in [-0.2, 0) is 0 Å². The molecule has 54 heavy (non-hydrogen) atoms. The maximum atomic E-state index is 2.59. The van der Waals surface area contributed by atoms with Crippen molar-refractivity contribution in [1.29, 1.82) is 0 Å². The summed E-state index contributed by atoms with van der Waals surface area (Å²) in [5.41, 5.74) is 11.9. The Bertz CT molecular complexity index is 3020. The van der Waals surface area contributed by atoms with Crippen molar-refractivity contribution in [3.8, 4) is 33.4 Å². The Morgan fingerprint density at radius 1 is 0.444 bits per heavy atom. The maximum absolute atomic E-state index is 2.59. The third kappa shape index (κ3) is 4.42. The number of anilines is 3. The maximum Gasteiger partial charge on any atom is 0.116 e. The van der Waals surface area contributed by atoms with Gasteiger partial charge in [-0.25, -0.2) is 0 Å². The normalized spacial score (nSPS) is 14.6. The number of rotatable bonds is 4. The Labute approximate surface area is 322 Å². The molecule has 2 aliphatic rings. The van der Waals surface area contributed by atoms with Gasteiger partial charge in [-0.3, -0.25) is 0 Å². The van der Waals surface area contributed by atoms with Crippen LogP contribution in [0.15, 0.2) is 164 Å². The molecule has 0 amide bonds. The van der Waals surface area contributed by atoms with Crippen molar-refractivity contribution in [3.63, 3.8) is 0 Å². The van der Waals surface area contributed by atoms with E-state index in [2.05, 4.69) is 195 Å². The van der Waals surface area contributed by atoms with Crippen molar-refractivity contribution in [2.75, 3.05) is 4.90 Å². The summed E-state index contributed by atoms with van der Waals surface area (Å²) in [4.78, 5) is 2.59. The lowest BCUT2D eigenvalue weighted by atomic mass is 9.97. The minimum Gasteiger partial charge on any atom is -0.311 e. The van der Waals surface area contributed by atoms with E-state index in [4.69, 9.17) is 0 Å². The Hall–Kier alpha value is -5.53. The zero-order valence-corrected chi connectivity index (χ0v) is 33.8. The third-order valence-electron chi connectivity index (χ3n) is 12.4. The molecule has 2 aliphatic heterocycles. The summed E-state index contributed by atoms with van der Waals surface area (Å²) in [6.45, 7) is 10.2. The second-order valence-corrected chi connectivity index (χ2v) is 25.8. The smallest absolute Gasteiger partial charge is 0.116 e. The monoisotopic (exact) mass is 741 g/mol. The predicted molar refractivity (Wildman–Crippen MR) is 241 cm³/mol. The molecule has 0 spiro atoms. The summed E-state index contributed by atoms with van der Waals surface area (Å²) < 4.78 is 2.81. The van der Waals surface area contributed by atoms with Crippen LogP contribution in [0.1, 0.15) is 0 Å². The molecule has 0 N–H and O–H groups in total. The summed E-state index contributed by atoms with van der Waals surface area (Å²) in [5, 5.41) is 11.4. The fourth-order valence-corrected chi connectivity index (χ4v) is 17.7. The molecule has 9 aromatic rings. The Morgan fingerprint density at radius 3 is 2.06 bits per heavy atom. The lowest BCUT2D eigenvalue weighted by molar-refractivity contribution is 1.30. The topological polar surface area (TPSA) is 3.24 Å². The van der Waals surface area contributed by atoms with Gasteiger partial charge in [0.25, 0.3) is 0 Å². The van der Waals surface area contributed by atoms with Gasteiger partial charge in [0, 0.05) is 37.2 Å². The van der Waals surface area contributed by atoms with E-state index in [-0.39, 0.29) is 0 Å². The van der Waals surface area contributed by atoms with Gasteiger partial charge in [0.05, 0.1) is 0 Å². The predicted octanol–water partition coefficient (Wildman–Crippen LogP) is 12.0. The molecule has 0 bridgehead atoms. The molecule has 0 unspecified atom stereocenters. The zero-order chi connectivity index (χ0) is 36.3. The van der Waals surface area contributed by atoms with Gasteiger partial charge in [-0.05, 0) is 101 Å². The van der Waals surface area contributed by atoms with Crippen LogP contribution < -0.4 is 25.6 Å². The molecule has 0 atom stereocenters. The van der Waals surface area contributed by atoms with Crippen LogP contribution in [0.3, 0.4) is 0 Å². The molecule has 11 rings (SSSR count). The van der Waals surface area contributed by atoms with Gasteiger partial charge in [0.2, 0.25) is 0 Å². The van der Waals surface area contributed by atoms with Crippen molar-refractivity contribution in [1.82, 2.24) is 0 Å². The summed E-state index contributed by atoms with van der Waals surface area (Å²) in [6.07, 6.45) is 0. The largest absolute Gasteiger partial charge is 0.311 e. The molecule has 0 saturated heterocycles. The number of thiophene rings is 1. The summed E-state index contributed by atoms with van der Waals surface area (Å²) >= 11 is 1.96. The van der Waals surface area contributed by atoms with Crippen LogP contribution in [0, 0.1) is 0 Å². The van der Waals surface area contributed by atoms with E-state index in [1.807, 2.05) is 11.3 Å². The van der Waals surface area contributed by atoms with Crippen molar-refractivity contribution in [2.45, 2.75) is 26.2 Å². The molecule has 1 nitrogen and oxygen atoms in total. The first-order valence-electron chi connectivity index (χ1n) is 19.0. The van der Waals surface area contributed by atoms with Gasteiger partial charge in [0.15, 0.2) is 0 Å². The van der Waals surface area contributed by atoms with E-state index in [0.717, 1.165) is 0 Å². The van der Waals surface area contributed by atoms with E-state index in [0.29, 0.717) is 0 Å². The van der Waals surface area contributed by atoms with E-state index >= 15 is 0 Å². The fraction of sp³-hybridized carbons (Fsp3) is 0.0800. The summed E-state index contributed by atoms with van der Waals surface area (Å²) in [7, 11) is -4.08. The first kappa shape index (κ1) is 32.0. The lowest BCUT2D eigenvalue weighted by Crippen LogP contribution is -2.51. The first-order valence-corrected chi connectivity index (χ1v) is 25.8. The molecule has 0 radical (unpaired) electrons. The molecular formula is C50H39NSSi2. The molecular weight excluding hydrogens is 703 g/mol. The molecule has 1 aromatic heterocycles. The number of hydrogen-bond acceptors (Lipinski definition) is 2. The highest BCUT2D eigenvalue weighted by molar-refractivity contribution is 7.26. The van der Waals surface area contributed by atoms with Crippen molar-refractivity contribution < 1.29 is 0 Å². The van der Waals surface area contributed by atoms with Crippen LogP contribution >= 0.6 is 11.3 Å². The average Bonchev–Trinajstić information content (AvgIpc) is 3.78. The van der Waals surface area contributed by atoms with Gasteiger partial charge >= 0.3 is 0 Å². The molecule has 3 heterocycles. The van der Waals surface area contributed by atoms with Crippen molar-refractivity contribution in [3.05, 3.63) is 164 Å². The molecule has 0 saturated carbocycles. The van der Waals surface area contributed by atoms with Gasteiger partial charge in [0.1, 0.15) is 16.1 Å². The van der Waals surface area contributed by atoms with Gasteiger partial charge in [-0.15, -0.1) is 11.3 Å². The number of hydrogen-bond donors (Lipinski definition) is 0. The fourth-order valence-electron chi connectivity index (χ4n) is 9.85. The highest BCUT2D eigenvalue weighted by atomic mass is 32.1. The van der Waals surface area contributed by atoms with E-state index in [1.54, 1.807) is 5.19 Å². The highest BCUT2D eigenvalue weighted by Crippen LogP contribution is 2.45. The Morgan fingerprint density at radius 2 is 1.15 bits per heavy atom. The molecule has 258 valence electrons. The van der Waals surface area contributed by atoms with Crippen molar-refractivity contribution >= 4 is 96.2 Å². The quantitative estimate of drug-likeness (QED) is 0.162. The van der Waals surface area contributed by atoms with Crippen molar-refractivity contribution in [2.24, 2.45) is 0 Å². The number of nitrogens with zero attached hydrogens (tertiary/aromatic N) is 1. The number of benzene rings is 8. The van der Waals surface area contributed by atoms with Crippen LogP contribution in [0.2, 0.25) is 26.2 Å². The molecule has 0 aliphatic carbocycles. The average molecular weight is 742 g/mol. The minimum atomic E-state index is -2.05. The van der Waals surface area contributed by atoms with Crippen LogP contribution in [0.4, 0.5) is 17.1 Å². The van der Waals surface area contributed by atoms with Gasteiger partial charge in [-0.1, -0.05) is 154 Å². The van der Waals surface area contributed by atoms with Crippen LogP contribution in [0.25, 0.3) is 64.3 Å². The Kier molecular flexibility index (Phi) is 6.80. The van der Waals surface area contributed by atoms with Crippen LogP contribution in [0.5, 0.6) is 0 Å². The lowest BCUT2D eigenvalue weighted by Gasteiger charge is -2.32. The molecule has 8 aromatic carbocycles. The first-order chi connectivity index (χ1) is 26.3. The third-order valence-corrected chi connectivity index (χ3v) is 20.7. The van der Waals surface area contributed by atoms with Crippen LogP contribution in [-0.4, -0.2) is 16.1 Å². The summed E-state index contributed by atoms with van der Waals surface area (Å²) in [5.74, 6) is 0. The van der Waals surface area contributed by atoms with E-state index < -0.39 is 16.1 Å². The second-order valence-electron chi connectivity index (χ2n) is 16.1. The van der Waals surface area contributed by atoms with Gasteiger partial charge < -0.3 is 4.90 Å². The van der Waals surface area contributed by atoms with E-state index in [1.165, 1.54) is 96.9 Å². The van der Waals surface area contributed by atoms with Gasteiger partial charge in [-0.2, -0.15) is 0 Å². The minimum absolute atomic E-state index is 1.19. The van der Waals surface area contributed by atoms with E-state index in [9.17, 15) is 0 Å². The molecule has 4 heteroatoms. The second kappa shape index (κ2) is 11.5. The molecule has 0 fully saturated rings.